The van der Waals surface area contributed by atoms with Gasteiger partial charge in [0.1, 0.15) is 0 Å². The third-order valence-corrected chi connectivity index (χ3v) is 5.19. The lowest BCUT2D eigenvalue weighted by molar-refractivity contribution is 0.102. The van der Waals surface area contributed by atoms with Gasteiger partial charge in [-0.05, 0) is 31.1 Å². The third-order valence-electron chi connectivity index (χ3n) is 4.00. The summed E-state index contributed by atoms with van der Waals surface area (Å²) < 4.78 is 0. The Morgan fingerprint density at radius 2 is 2.06 bits per heavy atom. The zero-order chi connectivity index (χ0) is 13.3. The minimum atomic E-state index is 0.108. The molecule has 1 fully saturated rings. The lowest BCUT2D eigenvalue weighted by atomic mass is 9.75. The van der Waals surface area contributed by atoms with Gasteiger partial charge in [-0.2, -0.15) is 0 Å². The van der Waals surface area contributed by atoms with E-state index in [-0.39, 0.29) is 5.78 Å². The Balaban J connectivity index is 2.03. The number of anilines is 1. The van der Waals surface area contributed by atoms with E-state index < -0.39 is 0 Å². The summed E-state index contributed by atoms with van der Waals surface area (Å²) in [6.07, 6.45) is 6.68. The molecule has 2 rings (SSSR count). The van der Waals surface area contributed by atoms with Crippen molar-refractivity contribution in [3.8, 4) is 0 Å². The van der Waals surface area contributed by atoms with Crippen LogP contribution in [0.25, 0.3) is 0 Å². The highest BCUT2D eigenvalue weighted by molar-refractivity contribution is 7.17. The maximum atomic E-state index is 11.3. The Bertz CT molecular complexity index is 429. The average molecular weight is 266 g/mol. The van der Waals surface area contributed by atoms with Gasteiger partial charge in [0.25, 0.3) is 0 Å². The highest BCUT2D eigenvalue weighted by Crippen LogP contribution is 2.38. The molecule has 1 aromatic heterocycles. The van der Waals surface area contributed by atoms with Gasteiger partial charge in [0.05, 0.1) is 11.1 Å². The highest BCUT2D eigenvalue weighted by Gasteiger charge is 2.29. The second-order valence-corrected chi connectivity index (χ2v) is 7.08. The van der Waals surface area contributed by atoms with Crippen LogP contribution in [0.15, 0.2) is 6.20 Å². The Morgan fingerprint density at radius 1 is 1.44 bits per heavy atom. The number of thiazole rings is 1. The van der Waals surface area contributed by atoms with E-state index in [9.17, 15) is 4.79 Å². The fourth-order valence-corrected chi connectivity index (χ4v) is 3.36. The topological polar surface area (TPSA) is 33.2 Å². The lowest BCUT2D eigenvalue weighted by Gasteiger charge is -2.38. The molecule has 18 heavy (non-hydrogen) atoms. The van der Waals surface area contributed by atoms with Gasteiger partial charge in [0.15, 0.2) is 10.9 Å². The molecule has 0 aromatic carbocycles. The van der Waals surface area contributed by atoms with Crippen LogP contribution in [-0.4, -0.2) is 23.9 Å². The number of ketones is 1. The SMILES string of the molecule is CC(=O)c1cnc(N(C)C2CCC(C)(C)CC2)s1. The summed E-state index contributed by atoms with van der Waals surface area (Å²) in [5, 5.41) is 0.977. The van der Waals surface area contributed by atoms with Gasteiger partial charge in [0, 0.05) is 20.0 Å². The summed E-state index contributed by atoms with van der Waals surface area (Å²) in [4.78, 5) is 18.7. The van der Waals surface area contributed by atoms with Crippen molar-refractivity contribution in [3.05, 3.63) is 11.1 Å². The maximum absolute atomic E-state index is 11.3. The van der Waals surface area contributed by atoms with E-state index >= 15 is 0 Å². The number of aromatic nitrogens is 1. The molecule has 1 aliphatic rings. The smallest absolute Gasteiger partial charge is 0.185 e. The molecule has 1 saturated carbocycles. The number of carbonyl (C=O) groups excluding carboxylic acids is 1. The van der Waals surface area contributed by atoms with Crippen molar-refractivity contribution in [1.29, 1.82) is 0 Å². The highest BCUT2D eigenvalue weighted by atomic mass is 32.1. The van der Waals surface area contributed by atoms with Gasteiger partial charge >= 0.3 is 0 Å². The normalized spacial score (nSPS) is 19.8. The van der Waals surface area contributed by atoms with Crippen molar-refractivity contribution >= 4 is 22.3 Å². The molecule has 1 aromatic rings. The molecule has 3 nitrogen and oxygen atoms in total. The molecule has 0 N–H and O–H groups in total. The summed E-state index contributed by atoms with van der Waals surface area (Å²) >= 11 is 1.51. The van der Waals surface area contributed by atoms with Crippen molar-refractivity contribution in [2.24, 2.45) is 5.41 Å². The van der Waals surface area contributed by atoms with Crippen LogP contribution in [-0.2, 0) is 0 Å². The van der Waals surface area contributed by atoms with E-state index in [1.165, 1.54) is 37.0 Å². The Labute approximate surface area is 113 Å². The minimum Gasteiger partial charge on any atom is -0.348 e. The summed E-state index contributed by atoms with van der Waals surface area (Å²) in [6, 6.07) is 0.573. The van der Waals surface area contributed by atoms with E-state index in [0.717, 1.165) is 10.0 Å². The van der Waals surface area contributed by atoms with Crippen molar-refractivity contribution in [2.45, 2.75) is 52.5 Å². The molecule has 1 heterocycles. The summed E-state index contributed by atoms with van der Waals surface area (Å²) in [5.74, 6) is 0.108. The maximum Gasteiger partial charge on any atom is 0.185 e. The zero-order valence-electron chi connectivity index (χ0n) is 11.7. The van der Waals surface area contributed by atoms with Crippen LogP contribution in [0.5, 0.6) is 0 Å². The largest absolute Gasteiger partial charge is 0.348 e. The Hall–Kier alpha value is -0.900. The van der Waals surface area contributed by atoms with Gasteiger partial charge < -0.3 is 4.90 Å². The Kier molecular flexibility index (Phi) is 3.76. The number of hydrogen-bond donors (Lipinski definition) is 0. The first kappa shape index (κ1) is 13.5. The molecule has 0 aliphatic heterocycles. The van der Waals surface area contributed by atoms with Crippen LogP contribution in [0.4, 0.5) is 5.13 Å². The molecule has 1 aliphatic carbocycles. The van der Waals surface area contributed by atoms with E-state index in [0.29, 0.717) is 11.5 Å². The minimum absolute atomic E-state index is 0.108. The molecule has 0 atom stereocenters. The predicted octanol–water partition coefficient (Wildman–Crippen LogP) is 3.75. The van der Waals surface area contributed by atoms with Crippen molar-refractivity contribution < 1.29 is 4.79 Å². The number of Topliss-reactive ketones (excluding diaryl/α,β-unsaturated/α-hetero) is 1. The van der Waals surface area contributed by atoms with Gasteiger partial charge in [-0.1, -0.05) is 25.2 Å². The quantitative estimate of drug-likeness (QED) is 0.781. The third kappa shape index (κ3) is 2.91. The van der Waals surface area contributed by atoms with Gasteiger partial charge in [0.2, 0.25) is 0 Å². The summed E-state index contributed by atoms with van der Waals surface area (Å²) in [6.45, 7) is 6.29. The second-order valence-electron chi connectivity index (χ2n) is 6.07. The van der Waals surface area contributed by atoms with Gasteiger partial charge in [-0.15, -0.1) is 0 Å². The van der Waals surface area contributed by atoms with E-state index in [4.69, 9.17) is 0 Å². The van der Waals surface area contributed by atoms with Crippen LogP contribution in [0.1, 0.15) is 56.1 Å². The van der Waals surface area contributed by atoms with Crippen molar-refractivity contribution in [3.63, 3.8) is 0 Å². The summed E-state index contributed by atoms with van der Waals surface area (Å²) in [5.41, 5.74) is 0.491. The molecule has 0 bridgehead atoms. The van der Waals surface area contributed by atoms with Crippen LogP contribution >= 0.6 is 11.3 Å². The van der Waals surface area contributed by atoms with Crippen LogP contribution in [0.3, 0.4) is 0 Å². The van der Waals surface area contributed by atoms with Crippen molar-refractivity contribution in [2.75, 3.05) is 11.9 Å². The van der Waals surface area contributed by atoms with Crippen LogP contribution in [0.2, 0.25) is 0 Å². The fraction of sp³-hybridized carbons (Fsp3) is 0.714. The standard InChI is InChI=1S/C14H22N2OS/c1-10(17)12-9-15-13(18-12)16(4)11-5-7-14(2,3)8-6-11/h9,11H,5-8H2,1-4H3. The molecule has 0 amide bonds. The molecule has 0 spiro atoms. The number of rotatable bonds is 3. The molecular weight excluding hydrogens is 244 g/mol. The first-order valence-electron chi connectivity index (χ1n) is 6.59. The molecule has 0 unspecified atom stereocenters. The second kappa shape index (κ2) is 5.00. The molecule has 4 heteroatoms. The van der Waals surface area contributed by atoms with Gasteiger partial charge in [-0.25, -0.2) is 4.98 Å². The van der Waals surface area contributed by atoms with E-state index in [1.54, 1.807) is 13.1 Å². The number of nitrogens with zero attached hydrogens (tertiary/aromatic N) is 2. The van der Waals surface area contributed by atoms with Crippen molar-refractivity contribution in [1.82, 2.24) is 4.98 Å². The van der Waals surface area contributed by atoms with Crippen LogP contribution < -0.4 is 4.90 Å². The van der Waals surface area contributed by atoms with E-state index in [1.807, 2.05) is 0 Å². The first-order valence-corrected chi connectivity index (χ1v) is 7.40. The monoisotopic (exact) mass is 266 g/mol. The molecule has 0 saturated heterocycles. The summed E-state index contributed by atoms with van der Waals surface area (Å²) in [7, 11) is 2.10. The van der Waals surface area contributed by atoms with E-state index in [2.05, 4.69) is 30.8 Å². The molecule has 0 radical (unpaired) electrons. The fourth-order valence-electron chi connectivity index (χ4n) is 2.52. The zero-order valence-corrected chi connectivity index (χ0v) is 12.5. The Morgan fingerprint density at radius 3 is 2.56 bits per heavy atom. The first-order chi connectivity index (χ1) is 8.39. The average Bonchev–Trinajstić information content (AvgIpc) is 2.77. The molecular formula is C14H22N2OS. The number of hydrogen-bond acceptors (Lipinski definition) is 4. The predicted molar refractivity (Wildman–Crippen MR) is 76.6 cm³/mol. The lowest BCUT2D eigenvalue weighted by Crippen LogP contribution is -2.37. The van der Waals surface area contributed by atoms with Crippen LogP contribution in [0, 0.1) is 5.41 Å². The number of carbonyl (C=O) groups is 1. The van der Waals surface area contributed by atoms with Gasteiger partial charge in [-0.3, -0.25) is 4.79 Å². The molecule has 100 valence electrons.